The normalized spacial score (nSPS) is 23.5. The molecule has 2 amide bonds. The molecule has 0 spiro atoms. The average Bonchev–Trinajstić information content (AvgIpc) is 3.18. The summed E-state index contributed by atoms with van der Waals surface area (Å²) in [6, 6.07) is 0.707. The Morgan fingerprint density at radius 1 is 0.846 bits per heavy atom. The van der Waals surface area contributed by atoms with Crippen LogP contribution in [0.3, 0.4) is 0 Å². The first-order chi connectivity index (χ1) is 11.7. The average molecular weight is 411 g/mol. The molecule has 0 aromatic rings. The van der Waals surface area contributed by atoms with Crippen LogP contribution in [0.4, 0.5) is 25.2 Å². The third kappa shape index (κ3) is 7.35. The maximum Gasteiger partial charge on any atom is 0.471 e. The molecule has 0 N–H and O–H groups in total. The van der Waals surface area contributed by atoms with Crippen molar-refractivity contribution in [3.63, 3.8) is 0 Å². The van der Waals surface area contributed by atoms with Crippen LogP contribution in [0.2, 0.25) is 0 Å². The van der Waals surface area contributed by atoms with Crippen LogP contribution in [-0.4, -0.2) is 58.6 Å². The van der Waals surface area contributed by atoms with E-state index in [1.54, 1.807) is 0 Å². The molecular weight excluding hydrogens is 391 g/mol. The Hall–Kier alpha value is -1.58. The van der Waals surface area contributed by atoms with Gasteiger partial charge in [0.15, 0.2) is 0 Å². The van der Waals surface area contributed by atoms with Gasteiger partial charge in [0, 0.05) is 12.8 Å². The van der Waals surface area contributed by atoms with Crippen LogP contribution >= 0.6 is 7.81 Å². The van der Waals surface area contributed by atoms with Crippen molar-refractivity contribution >= 4 is 25.6 Å². The van der Waals surface area contributed by atoms with Crippen LogP contribution in [-0.2, 0) is 14.4 Å². The third-order valence-electron chi connectivity index (χ3n) is 3.93. The number of hydrogen-bond donors (Lipinski definition) is 0. The molecule has 0 saturated carbocycles. The van der Waals surface area contributed by atoms with E-state index >= 15 is 0 Å². The predicted octanol–water partition coefficient (Wildman–Crippen LogP) is 3.71. The summed E-state index contributed by atoms with van der Waals surface area (Å²) >= 11 is 0. The quantitative estimate of drug-likeness (QED) is 0.217. The summed E-state index contributed by atoms with van der Waals surface area (Å²) in [6.45, 7) is 3.79. The molecule has 0 atom stereocenters. The molecule has 13 heteroatoms. The van der Waals surface area contributed by atoms with E-state index in [1.807, 2.05) is 0 Å². The summed E-state index contributed by atoms with van der Waals surface area (Å²) in [5.74, 6) is -0.443. The molecule has 3 heterocycles. The van der Waals surface area contributed by atoms with Gasteiger partial charge in [-0.05, 0) is 25.7 Å². The van der Waals surface area contributed by atoms with E-state index in [0.717, 1.165) is 56.9 Å². The van der Waals surface area contributed by atoms with Crippen molar-refractivity contribution in [2.45, 2.75) is 38.5 Å². The second-order valence-corrected chi connectivity index (χ2v) is 8.22. The van der Waals surface area contributed by atoms with Crippen molar-refractivity contribution in [2.24, 2.45) is 0 Å². The maximum absolute atomic E-state index is 11.7. The molecule has 3 rings (SSSR count). The Kier molecular flexibility index (Phi) is 5.22. The second-order valence-electron chi connectivity index (χ2n) is 6.30. The van der Waals surface area contributed by atoms with E-state index in [4.69, 9.17) is 4.84 Å². The second kappa shape index (κ2) is 6.54. The number of amidine groups is 1. The fraction of sp³-hybridized carbons (Fsp3) is 0.769. The van der Waals surface area contributed by atoms with Crippen LogP contribution in [0.5, 0.6) is 0 Å². The van der Waals surface area contributed by atoms with Crippen LogP contribution in [0, 0.1) is 0 Å². The van der Waals surface area contributed by atoms with Crippen molar-refractivity contribution < 1.29 is 44.2 Å². The van der Waals surface area contributed by atoms with E-state index < -0.39 is 7.81 Å². The van der Waals surface area contributed by atoms with Gasteiger partial charge < -0.3 is 0 Å². The van der Waals surface area contributed by atoms with Gasteiger partial charge in [-0.15, -0.1) is 0 Å². The molecule has 0 aromatic heterocycles. The third-order valence-corrected chi connectivity index (χ3v) is 3.93. The number of halogens is 6. The molecule has 26 heavy (non-hydrogen) atoms. The topological polar surface area (TPSA) is 52.9 Å². The maximum atomic E-state index is 11.7. The predicted molar refractivity (Wildman–Crippen MR) is 80.8 cm³/mol. The SMILES string of the molecule is F[P-](F)(F)(F)(F)F.O=C1CCC(=O)N1OC(N1CCCC1)=[N+]1CCCC1. The number of amides is 2. The van der Waals surface area contributed by atoms with Crippen molar-refractivity contribution in [3.8, 4) is 0 Å². The number of hydroxylamine groups is 2. The standard InChI is InChI=1S/C13H20N3O3.F6P/c17-11-5-6-12(18)16(11)19-13(14-7-1-2-8-14)15-9-3-4-10-15;1-7(2,3,4,5)6/h1-10H2;/q+1;-1. The number of likely N-dealkylation sites (tertiary alicyclic amines) is 1. The number of imide groups is 1. The first-order valence-electron chi connectivity index (χ1n) is 8.18. The number of hydrogen-bond acceptors (Lipinski definition) is 3. The van der Waals surface area contributed by atoms with E-state index in [1.165, 1.54) is 0 Å². The van der Waals surface area contributed by atoms with Gasteiger partial charge >= 0.3 is 39.0 Å². The van der Waals surface area contributed by atoms with Crippen molar-refractivity contribution in [1.29, 1.82) is 0 Å². The minimum absolute atomic E-state index is 0.221. The Morgan fingerprint density at radius 3 is 1.69 bits per heavy atom. The molecule has 6 nitrogen and oxygen atoms in total. The summed E-state index contributed by atoms with van der Waals surface area (Å²) in [7, 11) is -10.7. The fourth-order valence-electron chi connectivity index (χ4n) is 2.87. The zero-order chi connectivity index (χ0) is 19.7. The molecule has 3 aliphatic heterocycles. The van der Waals surface area contributed by atoms with Gasteiger partial charge in [-0.25, -0.2) is 9.48 Å². The van der Waals surface area contributed by atoms with Gasteiger partial charge in [0.25, 0.3) is 11.8 Å². The largest absolute Gasteiger partial charge is 0.471 e. The summed E-state index contributed by atoms with van der Waals surface area (Å²) in [5, 5.41) is 0.964. The molecule has 0 aromatic carbocycles. The van der Waals surface area contributed by atoms with Crippen molar-refractivity contribution in [3.05, 3.63) is 0 Å². The van der Waals surface area contributed by atoms with Crippen LogP contribution < -0.4 is 0 Å². The van der Waals surface area contributed by atoms with Crippen LogP contribution in [0.25, 0.3) is 0 Å². The zero-order valence-electron chi connectivity index (χ0n) is 13.9. The van der Waals surface area contributed by atoms with Crippen molar-refractivity contribution in [1.82, 2.24) is 9.96 Å². The van der Waals surface area contributed by atoms with Crippen molar-refractivity contribution in [2.75, 3.05) is 26.2 Å². The molecular formula is C13H20F6N3O3P. The van der Waals surface area contributed by atoms with E-state index in [0.29, 0.717) is 6.02 Å². The zero-order valence-corrected chi connectivity index (χ0v) is 14.7. The number of carbonyl (C=O) groups excluding carboxylic acids is 2. The number of rotatable bonds is 1. The Morgan fingerprint density at radius 2 is 1.27 bits per heavy atom. The molecule has 3 aliphatic rings. The first kappa shape index (κ1) is 20.7. The van der Waals surface area contributed by atoms with E-state index in [-0.39, 0.29) is 24.7 Å². The molecule has 3 fully saturated rings. The molecule has 0 aliphatic carbocycles. The Bertz CT molecular complexity index is 580. The van der Waals surface area contributed by atoms with Gasteiger partial charge in [0.1, 0.15) is 0 Å². The first-order valence-corrected chi connectivity index (χ1v) is 10.2. The molecule has 0 radical (unpaired) electrons. The van der Waals surface area contributed by atoms with Gasteiger partial charge in [-0.3, -0.25) is 14.4 Å². The van der Waals surface area contributed by atoms with Gasteiger partial charge in [0.05, 0.1) is 26.2 Å². The van der Waals surface area contributed by atoms with Crippen LogP contribution in [0.15, 0.2) is 0 Å². The fourth-order valence-corrected chi connectivity index (χ4v) is 2.87. The molecule has 152 valence electrons. The van der Waals surface area contributed by atoms with Gasteiger partial charge in [-0.2, -0.15) is 0 Å². The van der Waals surface area contributed by atoms with Gasteiger partial charge in [-0.1, -0.05) is 5.06 Å². The minimum atomic E-state index is -10.7. The van der Waals surface area contributed by atoms with Crippen LogP contribution in [0.1, 0.15) is 38.5 Å². The smallest absolute Gasteiger partial charge is 0.292 e. The summed E-state index contributed by atoms with van der Waals surface area (Å²) in [5.41, 5.74) is 0. The summed E-state index contributed by atoms with van der Waals surface area (Å²) < 4.78 is 61.4. The minimum Gasteiger partial charge on any atom is -0.292 e. The molecule has 0 unspecified atom stereocenters. The Labute approximate surface area is 145 Å². The number of carbonyl (C=O) groups is 2. The summed E-state index contributed by atoms with van der Waals surface area (Å²) in [4.78, 5) is 31.2. The molecule has 3 saturated heterocycles. The Balaban J connectivity index is 0.000000298. The van der Waals surface area contributed by atoms with E-state index in [2.05, 4.69) is 9.48 Å². The number of nitrogens with zero attached hydrogens (tertiary/aromatic N) is 3. The monoisotopic (exact) mass is 411 g/mol. The van der Waals surface area contributed by atoms with E-state index in [9.17, 15) is 34.8 Å². The summed E-state index contributed by atoms with van der Waals surface area (Å²) in [6.07, 6.45) is 5.11. The van der Waals surface area contributed by atoms with Gasteiger partial charge in [0.2, 0.25) is 0 Å². The molecule has 0 bridgehead atoms.